The summed E-state index contributed by atoms with van der Waals surface area (Å²) in [6.45, 7) is 2.33. The first kappa shape index (κ1) is 27.1. The van der Waals surface area contributed by atoms with Crippen molar-refractivity contribution in [3.8, 4) is 0 Å². The van der Waals surface area contributed by atoms with Gasteiger partial charge in [0.15, 0.2) is 0 Å². The van der Waals surface area contributed by atoms with E-state index in [0.29, 0.717) is 39.0 Å². The van der Waals surface area contributed by atoms with Crippen LogP contribution in [0.1, 0.15) is 29.0 Å². The number of carboxylic acid groups (broad SMARTS) is 1. The van der Waals surface area contributed by atoms with Crippen molar-refractivity contribution in [2.75, 3.05) is 26.7 Å². The van der Waals surface area contributed by atoms with E-state index in [9.17, 15) is 14.7 Å². The second-order valence-electron chi connectivity index (χ2n) is 9.60. The third-order valence-electron chi connectivity index (χ3n) is 6.82. The highest BCUT2D eigenvalue weighted by Crippen LogP contribution is 2.27. The Labute approximate surface area is 223 Å². The summed E-state index contributed by atoms with van der Waals surface area (Å²) in [6.07, 6.45) is 2.88. The van der Waals surface area contributed by atoms with Crippen LogP contribution in [0.25, 0.3) is 10.9 Å². The third kappa shape index (κ3) is 7.31. The van der Waals surface area contributed by atoms with Crippen molar-refractivity contribution in [3.63, 3.8) is 0 Å². The summed E-state index contributed by atoms with van der Waals surface area (Å²) in [5.74, 6) is -1.38. The van der Waals surface area contributed by atoms with Crippen LogP contribution in [0.2, 0.25) is 0 Å². The number of amides is 1. The number of carbonyl (C=O) groups is 2. The maximum Gasteiger partial charge on any atom is 0.311 e. The summed E-state index contributed by atoms with van der Waals surface area (Å²) in [5, 5.41) is 17.6. The summed E-state index contributed by atoms with van der Waals surface area (Å²) in [4.78, 5) is 30.3. The Kier molecular flexibility index (Phi) is 9.67. The second kappa shape index (κ2) is 13.6. The molecule has 7 heteroatoms. The lowest BCUT2D eigenvalue weighted by atomic mass is 9.95. The zero-order chi connectivity index (χ0) is 26.7. The minimum absolute atomic E-state index is 0.0444. The zero-order valence-electron chi connectivity index (χ0n) is 21.8. The number of rotatable bonds is 14. The van der Waals surface area contributed by atoms with E-state index in [4.69, 9.17) is 0 Å². The largest absolute Gasteiger partial charge is 0.481 e. The normalized spacial score (nSPS) is 12.8. The van der Waals surface area contributed by atoms with E-state index in [2.05, 4.69) is 15.6 Å². The molecule has 4 aromatic rings. The Morgan fingerprint density at radius 3 is 2.24 bits per heavy atom. The lowest BCUT2D eigenvalue weighted by molar-refractivity contribution is -0.139. The van der Waals surface area contributed by atoms with Crippen molar-refractivity contribution in [1.82, 2.24) is 20.5 Å². The van der Waals surface area contributed by atoms with Crippen molar-refractivity contribution in [2.24, 2.45) is 0 Å². The molecule has 1 aromatic heterocycles. The van der Waals surface area contributed by atoms with Crippen LogP contribution < -0.4 is 10.6 Å². The molecular weight excluding hydrogens is 476 g/mol. The van der Waals surface area contributed by atoms with Crippen molar-refractivity contribution in [1.29, 1.82) is 0 Å². The smallest absolute Gasteiger partial charge is 0.311 e. The van der Waals surface area contributed by atoms with Crippen LogP contribution in [0.15, 0.2) is 91.1 Å². The van der Waals surface area contributed by atoms with E-state index in [1.165, 1.54) is 0 Å². The highest BCUT2D eigenvalue weighted by molar-refractivity contribution is 5.89. The van der Waals surface area contributed by atoms with Gasteiger partial charge in [0, 0.05) is 43.8 Å². The van der Waals surface area contributed by atoms with Gasteiger partial charge >= 0.3 is 5.97 Å². The molecule has 1 heterocycles. The Morgan fingerprint density at radius 2 is 1.53 bits per heavy atom. The number of hydrogen-bond donors (Lipinski definition) is 4. The summed E-state index contributed by atoms with van der Waals surface area (Å²) < 4.78 is 0. The molecule has 0 fully saturated rings. The highest BCUT2D eigenvalue weighted by atomic mass is 16.4. The molecule has 3 aromatic carbocycles. The molecule has 0 aliphatic heterocycles. The average Bonchev–Trinajstić information content (AvgIpc) is 3.36. The van der Waals surface area contributed by atoms with Crippen molar-refractivity contribution in [2.45, 2.75) is 31.3 Å². The van der Waals surface area contributed by atoms with E-state index in [1.807, 2.05) is 92.0 Å². The molecule has 0 saturated heterocycles. The van der Waals surface area contributed by atoms with Gasteiger partial charge in [-0.3, -0.25) is 9.59 Å². The second-order valence-corrected chi connectivity index (χ2v) is 9.60. The van der Waals surface area contributed by atoms with Gasteiger partial charge in [-0.1, -0.05) is 78.9 Å². The first-order chi connectivity index (χ1) is 18.5. The first-order valence-corrected chi connectivity index (χ1v) is 13.1. The Bertz CT molecular complexity index is 1310. The number of nitrogens with one attached hydrogen (secondary N) is 3. The Balaban J connectivity index is 1.29. The number of para-hydroxylation sites is 1. The van der Waals surface area contributed by atoms with Crippen LogP contribution in [0.5, 0.6) is 0 Å². The Hall–Kier alpha value is -3.94. The lowest BCUT2D eigenvalue weighted by Crippen LogP contribution is -2.47. The fourth-order valence-electron chi connectivity index (χ4n) is 4.80. The molecule has 4 rings (SSSR count). The predicted octanol–water partition coefficient (Wildman–Crippen LogP) is 4.18. The average molecular weight is 513 g/mol. The molecule has 4 N–H and O–H groups in total. The van der Waals surface area contributed by atoms with Gasteiger partial charge in [0.2, 0.25) is 5.91 Å². The molecule has 0 radical (unpaired) electrons. The Morgan fingerprint density at radius 1 is 0.868 bits per heavy atom. The monoisotopic (exact) mass is 512 g/mol. The van der Waals surface area contributed by atoms with Gasteiger partial charge in [-0.2, -0.15) is 0 Å². The SMILES string of the molecule is CN(Cc1ccccc1)C(=O)[C@H](Cc1ccccc1)NCCNCCC(C(=O)O)c1c[nH]c2ccccc12. The maximum absolute atomic E-state index is 13.3. The number of nitrogens with zero attached hydrogens (tertiary/aromatic N) is 1. The quantitative estimate of drug-likeness (QED) is 0.190. The number of aromatic amines is 1. The van der Waals surface area contributed by atoms with Crippen LogP contribution in [0.3, 0.4) is 0 Å². The number of carbonyl (C=O) groups excluding carboxylic acids is 1. The first-order valence-electron chi connectivity index (χ1n) is 13.1. The summed E-state index contributed by atoms with van der Waals surface area (Å²) in [6, 6.07) is 27.4. The topological polar surface area (TPSA) is 97.5 Å². The van der Waals surface area contributed by atoms with E-state index in [0.717, 1.165) is 27.6 Å². The fourth-order valence-corrected chi connectivity index (χ4v) is 4.80. The van der Waals surface area contributed by atoms with Crippen LogP contribution in [0, 0.1) is 0 Å². The minimum atomic E-state index is -0.829. The maximum atomic E-state index is 13.3. The number of aromatic nitrogens is 1. The lowest BCUT2D eigenvalue weighted by Gasteiger charge is -2.25. The molecule has 0 aliphatic rings. The summed E-state index contributed by atoms with van der Waals surface area (Å²) >= 11 is 0. The number of hydrogen-bond acceptors (Lipinski definition) is 4. The summed E-state index contributed by atoms with van der Waals surface area (Å²) in [5.41, 5.74) is 3.94. The molecule has 0 aliphatic carbocycles. The van der Waals surface area contributed by atoms with Gasteiger partial charge in [-0.05, 0) is 42.1 Å². The van der Waals surface area contributed by atoms with Crippen molar-refractivity contribution < 1.29 is 14.7 Å². The van der Waals surface area contributed by atoms with Gasteiger partial charge in [-0.25, -0.2) is 0 Å². The molecule has 1 unspecified atom stereocenters. The number of carboxylic acids is 1. The van der Waals surface area contributed by atoms with Gasteiger partial charge in [0.1, 0.15) is 0 Å². The van der Waals surface area contributed by atoms with Crippen LogP contribution in [-0.4, -0.2) is 59.6 Å². The van der Waals surface area contributed by atoms with Crippen molar-refractivity contribution in [3.05, 3.63) is 108 Å². The molecule has 0 spiro atoms. The number of H-pyrrole nitrogens is 1. The standard InChI is InChI=1S/C31H36N4O3/c1-35(22-24-12-6-3-7-13-24)30(36)29(20-23-10-4-2-5-11-23)33-19-18-32-17-16-26(31(37)38)27-21-34-28-15-9-8-14-25(27)28/h2-15,21,26,29,32-34H,16-20,22H2,1H3,(H,37,38)/t26?,29-/m0/s1. The molecule has 198 valence electrons. The van der Waals surface area contributed by atoms with Crippen LogP contribution in [0.4, 0.5) is 0 Å². The highest BCUT2D eigenvalue weighted by Gasteiger charge is 2.24. The summed E-state index contributed by atoms with van der Waals surface area (Å²) in [7, 11) is 1.84. The number of aliphatic carboxylic acids is 1. The van der Waals surface area contributed by atoms with E-state index >= 15 is 0 Å². The van der Waals surface area contributed by atoms with Gasteiger partial charge < -0.3 is 25.6 Å². The van der Waals surface area contributed by atoms with Crippen molar-refractivity contribution >= 4 is 22.8 Å². The molecule has 0 bridgehead atoms. The molecule has 0 saturated carbocycles. The minimum Gasteiger partial charge on any atom is -0.481 e. The van der Waals surface area contributed by atoms with Gasteiger partial charge in [0.05, 0.1) is 12.0 Å². The third-order valence-corrected chi connectivity index (χ3v) is 6.82. The number of fused-ring (bicyclic) bond motifs is 1. The van der Waals surface area contributed by atoms with Gasteiger partial charge in [0.25, 0.3) is 0 Å². The molecule has 38 heavy (non-hydrogen) atoms. The zero-order valence-corrected chi connectivity index (χ0v) is 21.8. The molecular formula is C31H36N4O3. The van der Waals surface area contributed by atoms with E-state index < -0.39 is 11.9 Å². The number of likely N-dealkylation sites (N-methyl/N-ethyl adjacent to an activating group) is 1. The molecule has 1 amide bonds. The molecule has 2 atom stereocenters. The van der Waals surface area contributed by atoms with Crippen LogP contribution >= 0.6 is 0 Å². The molecule has 7 nitrogen and oxygen atoms in total. The van der Waals surface area contributed by atoms with Crippen LogP contribution in [-0.2, 0) is 22.6 Å². The number of benzene rings is 3. The fraction of sp³-hybridized carbons (Fsp3) is 0.290. The van der Waals surface area contributed by atoms with E-state index in [-0.39, 0.29) is 11.9 Å². The predicted molar refractivity (Wildman–Crippen MR) is 151 cm³/mol. The van der Waals surface area contributed by atoms with Gasteiger partial charge in [-0.15, -0.1) is 0 Å². The van der Waals surface area contributed by atoms with E-state index in [1.54, 1.807) is 11.1 Å².